The van der Waals surface area contributed by atoms with Gasteiger partial charge >= 0.3 is 0 Å². The van der Waals surface area contributed by atoms with Crippen molar-refractivity contribution >= 4 is 22.8 Å². The lowest BCUT2D eigenvalue weighted by atomic mass is 10.2. The van der Waals surface area contributed by atoms with Crippen LogP contribution >= 0.6 is 0 Å². The van der Waals surface area contributed by atoms with E-state index in [1.165, 1.54) is 11.1 Å². The van der Waals surface area contributed by atoms with Crippen LogP contribution in [0.3, 0.4) is 0 Å². The zero-order valence-corrected chi connectivity index (χ0v) is 19.8. The Hall–Kier alpha value is -4.18. The van der Waals surface area contributed by atoms with Crippen molar-refractivity contribution in [1.82, 2.24) is 0 Å². The topological polar surface area (TPSA) is 31.2 Å². The summed E-state index contributed by atoms with van der Waals surface area (Å²) in [4.78, 5) is 0. The van der Waals surface area contributed by atoms with Gasteiger partial charge in [0, 0.05) is 0 Å². The van der Waals surface area contributed by atoms with Crippen LogP contribution in [0.1, 0.15) is 25.0 Å². The van der Waals surface area contributed by atoms with E-state index < -0.39 is 0 Å². The SMILES string of the molecule is CC(=N/N(Cc1ccccc1)c1ccccc1)/C(C)=N\N(Cc1ccccc1)c1ccccc1. The van der Waals surface area contributed by atoms with Crippen molar-refractivity contribution in [3.05, 3.63) is 132 Å². The summed E-state index contributed by atoms with van der Waals surface area (Å²) in [6.07, 6.45) is 0. The third-order valence-corrected chi connectivity index (χ3v) is 5.52. The molecule has 34 heavy (non-hydrogen) atoms. The molecule has 0 aliphatic heterocycles. The number of para-hydroxylation sites is 2. The molecule has 4 heteroatoms. The van der Waals surface area contributed by atoms with Gasteiger partial charge in [-0.2, -0.15) is 10.2 Å². The van der Waals surface area contributed by atoms with Crippen LogP contribution < -0.4 is 10.0 Å². The number of benzene rings is 4. The van der Waals surface area contributed by atoms with Gasteiger partial charge in [-0.05, 0) is 49.2 Å². The number of hydrogen-bond donors (Lipinski definition) is 0. The van der Waals surface area contributed by atoms with Gasteiger partial charge in [0.15, 0.2) is 0 Å². The third-order valence-electron chi connectivity index (χ3n) is 5.52. The van der Waals surface area contributed by atoms with Gasteiger partial charge in [-0.1, -0.05) is 97.1 Å². The summed E-state index contributed by atoms with van der Waals surface area (Å²) in [5.41, 5.74) is 6.23. The highest BCUT2D eigenvalue weighted by Crippen LogP contribution is 2.19. The van der Waals surface area contributed by atoms with Gasteiger partial charge in [0.2, 0.25) is 0 Å². The van der Waals surface area contributed by atoms with Gasteiger partial charge < -0.3 is 0 Å². The van der Waals surface area contributed by atoms with E-state index in [1.807, 2.05) is 72.4 Å². The van der Waals surface area contributed by atoms with Crippen molar-refractivity contribution in [2.75, 3.05) is 10.0 Å². The van der Waals surface area contributed by atoms with E-state index in [0.29, 0.717) is 13.1 Å². The number of rotatable bonds is 9. The zero-order valence-electron chi connectivity index (χ0n) is 19.8. The van der Waals surface area contributed by atoms with Crippen LogP contribution in [0, 0.1) is 0 Å². The highest BCUT2D eigenvalue weighted by molar-refractivity contribution is 6.40. The summed E-state index contributed by atoms with van der Waals surface area (Å²) < 4.78 is 0. The Morgan fingerprint density at radius 3 is 1.09 bits per heavy atom. The summed E-state index contributed by atoms with van der Waals surface area (Å²) >= 11 is 0. The summed E-state index contributed by atoms with van der Waals surface area (Å²) in [5, 5.41) is 14.0. The second kappa shape index (κ2) is 11.6. The lowest BCUT2D eigenvalue weighted by Crippen LogP contribution is -2.23. The average Bonchev–Trinajstić information content (AvgIpc) is 2.90. The Morgan fingerprint density at radius 1 is 0.471 bits per heavy atom. The molecule has 0 aliphatic rings. The van der Waals surface area contributed by atoms with E-state index in [4.69, 9.17) is 10.2 Å². The van der Waals surface area contributed by atoms with Crippen molar-refractivity contribution in [1.29, 1.82) is 0 Å². The Balaban J connectivity index is 1.63. The molecule has 0 spiro atoms. The van der Waals surface area contributed by atoms with Crippen LogP contribution in [0.5, 0.6) is 0 Å². The molecule has 0 N–H and O–H groups in total. The van der Waals surface area contributed by atoms with Gasteiger partial charge in [-0.25, -0.2) is 0 Å². The maximum Gasteiger partial charge on any atom is 0.0808 e. The molecule has 0 bridgehead atoms. The zero-order chi connectivity index (χ0) is 23.6. The van der Waals surface area contributed by atoms with Crippen LogP contribution in [0.2, 0.25) is 0 Å². The standard InChI is InChI=1S/C30H30N4/c1-25(31-33(29-19-11-5-12-20-29)23-27-15-7-3-8-16-27)26(2)32-34(30-21-13-6-14-22-30)24-28-17-9-4-10-18-28/h3-22H,23-24H2,1-2H3/b31-25-,32-26-. The Labute approximate surface area is 202 Å². The fraction of sp³-hybridized carbons (Fsp3) is 0.133. The minimum absolute atomic E-state index is 0.682. The Bertz CT molecular complexity index is 1100. The van der Waals surface area contributed by atoms with E-state index in [0.717, 1.165) is 22.8 Å². The summed E-state index contributed by atoms with van der Waals surface area (Å²) in [5.74, 6) is 0. The molecule has 0 aliphatic carbocycles. The summed E-state index contributed by atoms with van der Waals surface area (Å²) in [6, 6.07) is 41.3. The molecule has 0 radical (unpaired) electrons. The monoisotopic (exact) mass is 446 g/mol. The van der Waals surface area contributed by atoms with Crippen molar-refractivity contribution in [2.45, 2.75) is 26.9 Å². The molecule has 0 heterocycles. The molecule has 0 saturated heterocycles. The summed E-state index contributed by atoms with van der Waals surface area (Å²) in [7, 11) is 0. The fourth-order valence-electron chi connectivity index (χ4n) is 3.59. The Morgan fingerprint density at radius 2 is 0.765 bits per heavy atom. The highest BCUT2D eigenvalue weighted by Gasteiger charge is 2.11. The molecule has 4 nitrogen and oxygen atoms in total. The molecule has 4 aromatic carbocycles. The molecule has 0 fully saturated rings. The van der Waals surface area contributed by atoms with Gasteiger partial charge in [0.1, 0.15) is 0 Å². The smallest absolute Gasteiger partial charge is 0.0808 e. The first kappa shape index (κ1) is 23.0. The van der Waals surface area contributed by atoms with Crippen molar-refractivity contribution in [3.63, 3.8) is 0 Å². The maximum atomic E-state index is 4.99. The van der Waals surface area contributed by atoms with Crippen LogP contribution in [0.4, 0.5) is 11.4 Å². The number of hydrazone groups is 2. The van der Waals surface area contributed by atoms with E-state index >= 15 is 0 Å². The van der Waals surface area contributed by atoms with Gasteiger partial charge in [-0.3, -0.25) is 10.0 Å². The van der Waals surface area contributed by atoms with E-state index in [-0.39, 0.29) is 0 Å². The molecule has 0 unspecified atom stereocenters. The molecule has 0 aromatic heterocycles. The van der Waals surface area contributed by atoms with Gasteiger partial charge in [0.05, 0.1) is 35.9 Å². The average molecular weight is 447 g/mol. The largest absolute Gasteiger partial charge is 0.261 e. The van der Waals surface area contributed by atoms with Crippen LogP contribution in [0.25, 0.3) is 0 Å². The van der Waals surface area contributed by atoms with Crippen molar-refractivity contribution in [2.24, 2.45) is 10.2 Å². The lowest BCUT2D eigenvalue weighted by molar-refractivity contribution is 0.847. The van der Waals surface area contributed by atoms with Crippen molar-refractivity contribution < 1.29 is 0 Å². The molecular weight excluding hydrogens is 416 g/mol. The van der Waals surface area contributed by atoms with Gasteiger partial charge in [-0.15, -0.1) is 0 Å². The molecule has 0 amide bonds. The molecule has 4 rings (SSSR count). The second-order valence-electron chi connectivity index (χ2n) is 8.13. The highest BCUT2D eigenvalue weighted by atomic mass is 15.5. The van der Waals surface area contributed by atoms with E-state index in [9.17, 15) is 0 Å². The number of nitrogens with zero attached hydrogens (tertiary/aromatic N) is 4. The second-order valence-corrected chi connectivity index (χ2v) is 8.13. The maximum absolute atomic E-state index is 4.99. The minimum Gasteiger partial charge on any atom is -0.261 e. The van der Waals surface area contributed by atoms with Gasteiger partial charge in [0.25, 0.3) is 0 Å². The Kier molecular flexibility index (Phi) is 7.86. The summed E-state index contributed by atoms with van der Waals surface area (Å²) in [6.45, 7) is 5.40. The third kappa shape index (κ3) is 6.42. The van der Waals surface area contributed by atoms with Crippen LogP contribution in [0.15, 0.2) is 132 Å². The first-order valence-electron chi connectivity index (χ1n) is 11.5. The number of hydrogen-bond acceptors (Lipinski definition) is 4. The lowest BCUT2D eigenvalue weighted by Gasteiger charge is -2.22. The van der Waals surface area contributed by atoms with Crippen LogP contribution in [-0.4, -0.2) is 11.4 Å². The van der Waals surface area contributed by atoms with Crippen molar-refractivity contribution in [3.8, 4) is 0 Å². The molecule has 4 aromatic rings. The molecule has 0 saturated carbocycles. The first-order chi connectivity index (χ1) is 16.7. The molecule has 0 atom stereocenters. The van der Waals surface area contributed by atoms with E-state index in [1.54, 1.807) is 0 Å². The number of anilines is 2. The quantitative estimate of drug-likeness (QED) is 0.202. The normalized spacial score (nSPS) is 11.8. The predicted octanol–water partition coefficient (Wildman–Crippen LogP) is 7.15. The van der Waals surface area contributed by atoms with E-state index in [2.05, 4.69) is 72.8 Å². The predicted molar refractivity (Wildman–Crippen MR) is 144 cm³/mol. The minimum atomic E-state index is 0.682. The van der Waals surface area contributed by atoms with Crippen LogP contribution in [-0.2, 0) is 13.1 Å². The first-order valence-corrected chi connectivity index (χ1v) is 11.5. The molecular formula is C30H30N4. The molecule has 170 valence electrons. The fourth-order valence-corrected chi connectivity index (χ4v) is 3.59.